The Morgan fingerprint density at radius 2 is 1.75 bits per heavy atom. The van der Waals surface area contributed by atoms with Crippen LogP contribution < -0.4 is 15.4 Å². The lowest BCUT2D eigenvalue weighted by molar-refractivity contribution is 0.176. The molecule has 0 aliphatic heterocycles. The van der Waals surface area contributed by atoms with Crippen molar-refractivity contribution in [3.8, 4) is 11.1 Å². The molecule has 0 aromatic heterocycles. The monoisotopic (exact) mass is 510 g/mol. The van der Waals surface area contributed by atoms with Crippen LogP contribution in [0.25, 0.3) is 11.1 Å². The van der Waals surface area contributed by atoms with Crippen LogP contribution in [0.2, 0.25) is 0 Å². The summed E-state index contributed by atoms with van der Waals surface area (Å²) in [5.41, 5.74) is 2.61. The number of rotatable bonds is 7. The second kappa shape index (κ2) is 11.0. The first kappa shape index (κ1) is 26.4. The highest BCUT2D eigenvalue weighted by Crippen LogP contribution is 2.29. The molecule has 3 aromatic carbocycles. The lowest BCUT2D eigenvalue weighted by Gasteiger charge is -2.27. The van der Waals surface area contributed by atoms with Gasteiger partial charge in [0.15, 0.2) is 0 Å². The third-order valence-electron chi connectivity index (χ3n) is 5.46. The molecule has 0 saturated heterocycles. The highest BCUT2D eigenvalue weighted by Gasteiger charge is 2.23. The van der Waals surface area contributed by atoms with Crippen molar-refractivity contribution in [2.75, 3.05) is 12.0 Å². The van der Waals surface area contributed by atoms with Gasteiger partial charge in [-0.2, -0.15) is 0 Å². The van der Waals surface area contributed by atoms with Crippen LogP contribution in [0.15, 0.2) is 77.7 Å². The van der Waals surface area contributed by atoms with Gasteiger partial charge in [-0.3, -0.25) is 15.6 Å². The van der Waals surface area contributed by atoms with Crippen LogP contribution in [-0.4, -0.2) is 44.7 Å². The molecule has 0 aliphatic rings. The molecule has 0 aliphatic carbocycles. The third kappa shape index (κ3) is 6.26. The average molecular weight is 511 g/mol. The molecule has 0 bridgehead atoms. The molecule has 1 unspecified atom stereocenters. The van der Waals surface area contributed by atoms with Crippen LogP contribution in [0, 0.1) is 5.41 Å². The van der Waals surface area contributed by atoms with Crippen LogP contribution >= 0.6 is 0 Å². The molecule has 10 nitrogen and oxygen atoms in total. The lowest BCUT2D eigenvalue weighted by Crippen LogP contribution is -2.39. The number of hydrogen-bond acceptors (Lipinski definition) is 6. The van der Waals surface area contributed by atoms with Gasteiger partial charge < -0.3 is 9.84 Å². The maximum absolute atomic E-state index is 12.1. The number of alkyl carbamates (subject to hydrolysis) is 1. The van der Waals surface area contributed by atoms with Crippen molar-refractivity contribution in [2.45, 2.75) is 24.3 Å². The molecule has 0 radical (unpaired) electrons. The van der Waals surface area contributed by atoms with Gasteiger partial charge in [0.05, 0.1) is 12.0 Å². The number of benzene rings is 3. The minimum absolute atomic E-state index is 0.0200. The molecule has 0 heterocycles. The SMILES string of the molecule is COC(=O)NC(=N)c1cccc(CC(C)N(C(=O)O)c2ccc(-c3ccccc3S(N)(=O)=O)cc2)c1. The summed E-state index contributed by atoms with van der Waals surface area (Å²) in [6.45, 7) is 1.75. The van der Waals surface area contributed by atoms with Gasteiger partial charge in [-0.15, -0.1) is 0 Å². The maximum atomic E-state index is 12.1. The number of primary sulfonamides is 1. The summed E-state index contributed by atoms with van der Waals surface area (Å²) >= 11 is 0. The summed E-state index contributed by atoms with van der Waals surface area (Å²) in [6, 6.07) is 19.2. The first-order valence-corrected chi connectivity index (χ1v) is 12.3. The van der Waals surface area contributed by atoms with E-state index in [0.717, 1.165) is 5.56 Å². The largest absolute Gasteiger partial charge is 0.465 e. The first-order valence-electron chi connectivity index (χ1n) is 10.8. The molecule has 188 valence electrons. The number of nitrogens with zero attached hydrogens (tertiary/aromatic N) is 1. The van der Waals surface area contributed by atoms with Gasteiger partial charge in [-0.1, -0.05) is 48.5 Å². The van der Waals surface area contributed by atoms with Crippen LogP contribution in [0.4, 0.5) is 15.3 Å². The van der Waals surface area contributed by atoms with E-state index in [9.17, 15) is 23.1 Å². The van der Waals surface area contributed by atoms with E-state index in [1.165, 1.54) is 18.1 Å². The summed E-state index contributed by atoms with van der Waals surface area (Å²) in [4.78, 5) is 24.7. The number of sulfonamides is 1. The highest BCUT2D eigenvalue weighted by atomic mass is 32.2. The molecule has 1 atom stereocenters. The summed E-state index contributed by atoms with van der Waals surface area (Å²) in [7, 11) is -2.74. The Labute approximate surface area is 208 Å². The van der Waals surface area contributed by atoms with E-state index >= 15 is 0 Å². The van der Waals surface area contributed by atoms with Crippen molar-refractivity contribution >= 4 is 33.7 Å². The van der Waals surface area contributed by atoms with E-state index in [2.05, 4.69) is 10.1 Å². The molecule has 0 spiro atoms. The molecule has 3 aromatic rings. The fraction of sp³-hybridized carbons (Fsp3) is 0.160. The van der Waals surface area contributed by atoms with Crippen molar-refractivity contribution in [1.29, 1.82) is 5.41 Å². The van der Waals surface area contributed by atoms with Crippen molar-refractivity contribution < 1.29 is 27.9 Å². The molecule has 11 heteroatoms. The van der Waals surface area contributed by atoms with E-state index in [4.69, 9.17) is 10.5 Å². The zero-order valence-corrected chi connectivity index (χ0v) is 20.5. The number of hydrogen-bond donors (Lipinski definition) is 4. The van der Waals surface area contributed by atoms with Gasteiger partial charge >= 0.3 is 12.2 Å². The van der Waals surface area contributed by atoms with Crippen molar-refractivity contribution in [1.82, 2.24) is 5.32 Å². The van der Waals surface area contributed by atoms with Gasteiger partial charge in [0, 0.05) is 22.9 Å². The number of methoxy groups -OCH3 is 1. The van der Waals surface area contributed by atoms with E-state index in [0.29, 0.717) is 28.8 Å². The van der Waals surface area contributed by atoms with Gasteiger partial charge in [-0.05, 0) is 48.7 Å². The Hall–Kier alpha value is -4.22. The van der Waals surface area contributed by atoms with Crippen LogP contribution in [0.1, 0.15) is 18.1 Å². The number of nitrogens with one attached hydrogen (secondary N) is 2. The number of amidine groups is 1. The summed E-state index contributed by atoms with van der Waals surface area (Å²) in [5.74, 6) is -0.137. The Bertz CT molecular complexity index is 1390. The average Bonchev–Trinajstić information content (AvgIpc) is 2.84. The standard InChI is InChI=1S/C25H26N4O6S/c1-16(14-17-6-5-7-19(15-17)23(26)28-24(30)35-2)29(25(31)32)20-12-10-18(11-13-20)21-8-3-4-9-22(21)36(27,33)34/h3-13,15-16H,14H2,1-2H3,(H,31,32)(H2,26,28,30)(H2,27,33,34). The fourth-order valence-electron chi connectivity index (χ4n) is 3.82. The van der Waals surface area contributed by atoms with E-state index in [-0.39, 0.29) is 10.7 Å². The predicted molar refractivity (Wildman–Crippen MR) is 136 cm³/mol. The molecule has 3 rings (SSSR count). The Morgan fingerprint density at radius 3 is 2.36 bits per heavy atom. The maximum Gasteiger partial charge on any atom is 0.412 e. The quantitative estimate of drug-likeness (QED) is 0.279. The number of amides is 2. The molecule has 36 heavy (non-hydrogen) atoms. The minimum Gasteiger partial charge on any atom is -0.465 e. The summed E-state index contributed by atoms with van der Waals surface area (Å²) in [5, 5.41) is 25.6. The minimum atomic E-state index is -3.94. The van der Waals surface area contributed by atoms with Gasteiger partial charge in [-0.25, -0.2) is 23.1 Å². The van der Waals surface area contributed by atoms with Crippen molar-refractivity contribution in [3.05, 3.63) is 83.9 Å². The van der Waals surface area contributed by atoms with Crippen molar-refractivity contribution in [2.24, 2.45) is 5.14 Å². The Kier molecular flexibility index (Phi) is 8.07. The summed E-state index contributed by atoms with van der Waals surface area (Å²) < 4.78 is 28.4. The van der Waals surface area contributed by atoms with Crippen LogP contribution in [-0.2, 0) is 21.2 Å². The number of nitrogens with two attached hydrogens (primary N) is 1. The lowest BCUT2D eigenvalue weighted by atomic mass is 10.0. The molecule has 2 amide bonds. The molecular weight excluding hydrogens is 484 g/mol. The van der Waals surface area contributed by atoms with E-state index in [1.807, 2.05) is 0 Å². The topological polar surface area (TPSA) is 163 Å². The highest BCUT2D eigenvalue weighted by molar-refractivity contribution is 7.89. The van der Waals surface area contributed by atoms with Crippen LogP contribution in [0.3, 0.4) is 0 Å². The zero-order valence-electron chi connectivity index (χ0n) is 19.6. The smallest absolute Gasteiger partial charge is 0.412 e. The summed E-state index contributed by atoms with van der Waals surface area (Å²) in [6.07, 6.45) is -1.58. The van der Waals surface area contributed by atoms with E-state index < -0.39 is 28.3 Å². The van der Waals surface area contributed by atoms with E-state index in [1.54, 1.807) is 73.7 Å². The normalized spacial score (nSPS) is 11.9. The number of carboxylic acid groups (broad SMARTS) is 1. The molecule has 0 saturated carbocycles. The number of anilines is 1. The zero-order chi connectivity index (χ0) is 26.5. The third-order valence-corrected chi connectivity index (χ3v) is 6.43. The Balaban J connectivity index is 1.84. The predicted octanol–water partition coefficient (Wildman–Crippen LogP) is 3.80. The Morgan fingerprint density at radius 1 is 1.08 bits per heavy atom. The second-order valence-corrected chi connectivity index (χ2v) is 9.52. The number of ether oxygens (including phenoxy) is 1. The van der Waals surface area contributed by atoms with Gasteiger partial charge in [0.2, 0.25) is 10.0 Å². The number of carbonyl (C=O) groups is 2. The van der Waals surface area contributed by atoms with Gasteiger partial charge in [0.25, 0.3) is 0 Å². The second-order valence-electron chi connectivity index (χ2n) is 7.99. The molecular formula is C25H26N4O6S. The fourth-order valence-corrected chi connectivity index (χ4v) is 4.58. The molecule has 0 fully saturated rings. The molecule has 5 N–H and O–H groups in total. The number of carbonyl (C=O) groups excluding carboxylic acids is 1. The van der Waals surface area contributed by atoms with Gasteiger partial charge in [0.1, 0.15) is 5.84 Å². The first-order chi connectivity index (χ1) is 17.0. The van der Waals surface area contributed by atoms with Crippen LogP contribution in [0.5, 0.6) is 0 Å². The van der Waals surface area contributed by atoms with Crippen molar-refractivity contribution in [3.63, 3.8) is 0 Å².